The van der Waals surface area contributed by atoms with Gasteiger partial charge in [0.2, 0.25) is 0 Å². The van der Waals surface area contributed by atoms with Gasteiger partial charge in [-0.1, -0.05) is 12.8 Å². The lowest BCUT2D eigenvalue weighted by Gasteiger charge is -2.25. The maximum absolute atomic E-state index is 11.6. The van der Waals surface area contributed by atoms with Crippen LogP contribution in [-0.4, -0.2) is 29.8 Å². The van der Waals surface area contributed by atoms with Crippen LogP contribution in [-0.2, 0) is 0 Å². The number of urea groups is 1. The molecule has 2 saturated carbocycles. The normalized spacial score (nSPS) is 30.2. The minimum atomic E-state index is -0.112. The van der Waals surface area contributed by atoms with Crippen molar-refractivity contribution in [3.63, 3.8) is 0 Å². The van der Waals surface area contributed by atoms with Gasteiger partial charge in [-0.05, 0) is 44.4 Å². The van der Waals surface area contributed by atoms with Crippen molar-refractivity contribution < 1.29 is 9.90 Å². The summed E-state index contributed by atoms with van der Waals surface area (Å²) < 4.78 is 0. The molecule has 0 saturated heterocycles. The number of carbonyl (C=O) groups excluding carboxylic acids is 1. The molecule has 4 nitrogen and oxygen atoms in total. The highest BCUT2D eigenvalue weighted by atomic mass is 16.3. The molecule has 2 aliphatic rings. The minimum absolute atomic E-state index is 0.0111. The SMILES string of the molecule is O=C(NCC1CCC(O)CC1)NC1CCCC1. The summed E-state index contributed by atoms with van der Waals surface area (Å²) in [6.45, 7) is 0.755. The minimum Gasteiger partial charge on any atom is -0.393 e. The van der Waals surface area contributed by atoms with E-state index in [1.54, 1.807) is 0 Å². The van der Waals surface area contributed by atoms with Gasteiger partial charge in [-0.2, -0.15) is 0 Å². The summed E-state index contributed by atoms with van der Waals surface area (Å²) in [6, 6.07) is 0.381. The quantitative estimate of drug-likeness (QED) is 0.704. The molecule has 0 aliphatic heterocycles. The summed E-state index contributed by atoms with van der Waals surface area (Å²) in [7, 11) is 0. The number of hydrogen-bond acceptors (Lipinski definition) is 2. The van der Waals surface area contributed by atoms with Crippen molar-refractivity contribution in [1.29, 1.82) is 0 Å². The Labute approximate surface area is 103 Å². The second-order valence-corrected chi connectivity index (χ2v) is 5.51. The fraction of sp³-hybridized carbons (Fsp3) is 0.923. The summed E-state index contributed by atoms with van der Waals surface area (Å²) in [4.78, 5) is 11.6. The zero-order chi connectivity index (χ0) is 12.1. The van der Waals surface area contributed by atoms with Crippen LogP contribution in [0.4, 0.5) is 4.79 Å². The molecule has 0 spiro atoms. The van der Waals surface area contributed by atoms with Crippen molar-refractivity contribution >= 4 is 6.03 Å². The number of nitrogens with one attached hydrogen (secondary N) is 2. The van der Waals surface area contributed by atoms with Crippen LogP contribution in [0.5, 0.6) is 0 Å². The maximum Gasteiger partial charge on any atom is 0.315 e. The molecule has 0 aromatic rings. The van der Waals surface area contributed by atoms with E-state index < -0.39 is 0 Å². The zero-order valence-electron chi connectivity index (χ0n) is 10.5. The highest BCUT2D eigenvalue weighted by Gasteiger charge is 2.21. The van der Waals surface area contributed by atoms with Crippen molar-refractivity contribution in [1.82, 2.24) is 10.6 Å². The van der Waals surface area contributed by atoms with E-state index in [2.05, 4.69) is 10.6 Å². The highest BCUT2D eigenvalue weighted by molar-refractivity contribution is 5.74. The Kier molecular flexibility index (Phi) is 4.66. The summed E-state index contributed by atoms with van der Waals surface area (Å²) in [5, 5.41) is 15.4. The van der Waals surface area contributed by atoms with Gasteiger partial charge in [0.25, 0.3) is 0 Å². The third-order valence-electron chi connectivity index (χ3n) is 4.06. The van der Waals surface area contributed by atoms with Crippen LogP contribution in [0.2, 0.25) is 0 Å². The molecule has 0 aromatic carbocycles. The Balaban J connectivity index is 1.59. The van der Waals surface area contributed by atoms with Crippen LogP contribution in [0.1, 0.15) is 51.4 Å². The highest BCUT2D eigenvalue weighted by Crippen LogP contribution is 2.23. The van der Waals surface area contributed by atoms with Crippen LogP contribution in [0, 0.1) is 5.92 Å². The van der Waals surface area contributed by atoms with Gasteiger partial charge in [-0.25, -0.2) is 4.79 Å². The van der Waals surface area contributed by atoms with E-state index in [1.165, 1.54) is 12.8 Å². The van der Waals surface area contributed by atoms with Crippen LogP contribution in [0.3, 0.4) is 0 Å². The smallest absolute Gasteiger partial charge is 0.315 e. The van der Waals surface area contributed by atoms with Crippen LogP contribution < -0.4 is 10.6 Å². The maximum atomic E-state index is 11.6. The lowest BCUT2D eigenvalue weighted by atomic mass is 9.87. The predicted octanol–water partition coefficient (Wildman–Crippen LogP) is 1.78. The van der Waals surface area contributed by atoms with Crippen molar-refractivity contribution in [3.05, 3.63) is 0 Å². The Morgan fingerprint density at radius 1 is 1.06 bits per heavy atom. The molecule has 2 fully saturated rings. The lowest BCUT2D eigenvalue weighted by Crippen LogP contribution is -2.43. The number of carbonyl (C=O) groups is 1. The molecule has 0 bridgehead atoms. The topological polar surface area (TPSA) is 61.4 Å². The molecule has 2 aliphatic carbocycles. The Hall–Kier alpha value is -0.770. The second-order valence-electron chi connectivity index (χ2n) is 5.51. The summed E-state index contributed by atoms with van der Waals surface area (Å²) >= 11 is 0. The molecular weight excluding hydrogens is 216 g/mol. The predicted molar refractivity (Wildman–Crippen MR) is 66.8 cm³/mol. The fourth-order valence-electron chi connectivity index (χ4n) is 2.89. The van der Waals surface area contributed by atoms with Gasteiger partial charge >= 0.3 is 6.03 Å². The van der Waals surface area contributed by atoms with E-state index in [4.69, 9.17) is 0 Å². The molecule has 0 radical (unpaired) electrons. The Morgan fingerprint density at radius 3 is 2.35 bits per heavy atom. The Morgan fingerprint density at radius 2 is 1.71 bits per heavy atom. The van der Waals surface area contributed by atoms with Crippen molar-refractivity contribution in [2.45, 2.75) is 63.5 Å². The van der Waals surface area contributed by atoms with Gasteiger partial charge in [0.05, 0.1) is 6.10 Å². The molecule has 4 heteroatoms. The van der Waals surface area contributed by atoms with Gasteiger partial charge < -0.3 is 15.7 Å². The number of hydrogen-bond donors (Lipinski definition) is 3. The molecule has 98 valence electrons. The summed E-state index contributed by atoms with van der Waals surface area (Å²) in [6.07, 6.45) is 8.46. The molecule has 0 unspecified atom stereocenters. The number of aliphatic hydroxyl groups is 1. The summed E-state index contributed by atoms with van der Waals surface area (Å²) in [5.74, 6) is 0.549. The van der Waals surface area contributed by atoms with Crippen molar-refractivity contribution in [2.24, 2.45) is 5.92 Å². The van der Waals surface area contributed by atoms with Gasteiger partial charge in [-0.15, -0.1) is 0 Å². The van der Waals surface area contributed by atoms with Crippen molar-refractivity contribution in [2.75, 3.05) is 6.54 Å². The molecule has 0 atom stereocenters. The van der Waals surface area contributed by atoms with Crippen LogP contribution in [0.15, 0.2) is 0 Å². The lowest BCUT2D eigenvalue weighted by molar-refractivity contribution is 0.109. The van der Waals surface area contributed by atoms with Gasteiger partial charge in [-0.3, -0.25) is 0 Å². The van der Waals surface area contributed by atoms with E-state index in [1.807, 2.05) is 0 Å². The molecule has 2 amide bonds. The molecule has 17 heavy (non-hydrogen) atoms. The molecule has 2 rings (SSSR count). The first kappa shape index (κ1) is 12.7. The third kappa shape index (κ3) is 4.19. The number of amides is 2. The van der Waals surface area contributed by atoms with E-state index >= 15 is 0 Å². The van der Waals surface area contributed by atoms with Gasteiger partial charge in [0.1, 0.15) is 0 Å². The van der Waals surface area contributed by atoms with E-state index in [9.17, 15) is 9.90 Å². The summed E-state index contributed by atoms with van der Waals surface area (Å²) in [5.41, 5.74) is 0. The number of aliphatic hydroxyl groups excluding tert-OH is 1. The number of rotatable bonds is 3. The van der Waals surface area contributed by atoms with Gasteiger partial charge in [0, 0.05) is 12.6 Å². The van der Waals surface area contributed by atoms with E-state index in [0.717, 1.165) is 45.1 Å². The van der Waals surface area contributed by atoms with Crippen LogP contribution >= 0.6 is 0 Å². The largest absolute Gasteiger partial charge is 0.393 e. The van der Waals surface area contributed by atoms with Crippen LogP contribution in [0.25, 0.3) is 0 Å². The molecule has 3 N–H and O–H groups in total. The zero-order valence-corrected chi connectivity index (χ0v) is 10.5. The first-order valence-electron chi connectivity index (χ1n) is 6.96. The average molecular weight is 240 g/mol. The molecule has 0 aromatic heterocycles. The van der Waals surface area contributed by atoms with E-state index in [0.29, 0.717) is 12.0 Å². The Bertz CT molecular complexity index is 244. The third-order valence-corrected chi connectivity index (χ3v) is 4.06. The average Bonchev–Trinajstić information content (AvgIpc) is 2.81. The van der Waals surface area contributed by atoms with Gasteiger partial charge in [0.15, 0.2) is 0 Å². The monoisotopic (exact) mass is 240 g/mol. The fourth-order valence-corrected chi connectivity index (χ4v) is 2.89. The molecular formula is C13H24N2O2. The standard InChI is InChI=1S/C13H24N2O2/c16-12-7-5-10(6-8-12)9-14-13(17)15-11-3-1-2-4-11/h10-12,16H,1-9H2,(H2,14,15,17). The second kappa shape index (κ2) is 6.24. The van der Waals surface area contributed by atoms with Crippen molar-refractivity contribution in [3.8, 4) is 0 Å². The molecule has 0 heterocycles. The van der Waals surface area contributed by atoms with E-state index in [-0.39, 0.29) is 12.1 Å². The first-order valence-corrected chi connectivity index (χ1v) is 6.96. The first-order chi connectivity index (χ1) is 8.24.